The van der Waals surface area contributed by atoms with Crippen LogP contribution in [-0.4, -0.2) is 39.6 Å². The molecule has 3 aromatic rings. The summed E-state index contributed by atoms with van der Waals surface area (Å²) in [5.41, 5.74) is 3.14. The molecular formula is C24H24F2N4O2. The minimum absolute atomic E-state index is 0.126. The molecule has 8 heteroatoms. The Balaban J connectivity index is 1.42. The Bertz CT molecular complexity index is 1170. The summed E-state index contributed by atoms with van der Waals surface area (Å²) in [6.45, 7) is 4.52. The number of halogens is 2. The number of benzene rings is 2. The highest BCUT2D eigenvalue weighted by molar-refractivity contribution is 5.96. The molecule has 0 radical (unpaired) electrons. The van der Waals surface area contributed by atoms with Crippen LogP contribution in [0.3, 0.4) is 0 Å². The SMILES string of the molecule is Cc1cc(C)n(-c2ccccc2NC(=O)C2CCN(C(=O)c3ccc(F)cc3F)CC2)n1. The van der Waals surface area contributed by atoms with Crippen LogP contribution in [0.25, 0.3) is 5.69 Å². The maximum Gasteiger partial charge on any atom is 0.256 e. The van der Waals surface area contributed by atoms with Crippen LogP contribution in [0.4, 0.5) is 14.5 Å². The van der Waals surface area contributed by atoms with Gasteiger partial charge in [0.25, 0.3) is 5.91 Å². The standard InChI is InChI=1S/C24H24F2N4O2/c1-15-13-16(2)30(28-15)22-6-4-3-5-21(22)27-23(31)17-9-11-29(12-10-17)24(32)19-8-7-18(25)14-20(19)26/h3-8,13-14,17H,9-12H2,1-2H3,(H,27,31). The quantitative estimate of drug-likeness (QED) is 0.662. The number of rotatable bonds is 4. The van der Waals surface area contributed by atoms with Gasteiger partial charge in [-0.05, 0) is 57.0 Å². The van der Waals surface area contributed by atoms with Crippen LogP contribution in [0.15, 0.2) is 48.5 Å². The Kier molecular flexibility index (Phi) is 6.03. The van der Waals surface area contributed by atoms with Crippen LogP contribution >= 0.6 is 0 Å². The zero-order valence-corrected chi connectivity index (χ0v) is 17.9. The lowest BCUT2D eigenvalue weighted by Gasteiger charge is -2.31. The number of likely N-dealkylation sites (tertiary alicyclic amines) is 1. The fraction of sp³-hybridized carbons (Fsp3) is 0.292. The average molecular weight is 438 g/mol. The molecular weight excluding hydrogens is 414 g/mol. The molecule has 0 spiro atoms. The number of aromatic nitrogens is 2. The number of nitrogens with one attached hydrogen (secondary N) is 1. The average Bonchev–Trinajstić information content (AvgIpc) is 3.11. The molecule has 0 bridgehead atoms. The predicted molar refractivity (Wildman–Crippen MR) is 117 cm³/mol. The Hall–Kier alpha value is -3.55. The number of amides is 2. The molecule has 6 nitrogen and oxygen atoms in total. The summed E-state index contributed by atoms with van der Waals surface area (Å²) in [6.07, 6.45) is 0.922. The lowest BCUT2D eigenvalue weighted by molar-refractivity contribution is -0.121. The number of aryl methyl sites for hydroxylation is 2. The molecule has 0 atom stereocenters. The molecule has 0 unspecified atom stereocenters. The maximum absolute atomic E-state index is 14.0. The van der Waals surface area contributed by atoms with Gasteiger partial charge in [-0.25, -0.2) is 13.5 Å². The van der Waals surface area contributed by atoms with Crippen molar-refractivity contribution in [2.45, 2.75) is 26.7 Å². The van der Waals surface area contributed by atoms with Crippen LogP contribution in [0.2, 0.25) is 0 Å². The van der Waals surface area contributed by atoms with E-state index in [0.29, 0.717) is 37.7 Å². The second-order valence-electron chi connectivity index (χ2n) is 8.04. The van der Waals surface area contributed by atoms with Gasteiger partial charge in [0.15, 0.2) is 0 Å². The second-order valence-corrected chi connectivity index (χ2v) is 8.04. The minimum atomic E-state index is -0.879. The number of hydrogen-bond donors (Lipinski definition) is 1. The highest BCUT2D eigenvalue weighted by Gasteiger charge is 2.29. The number of hydrogen-bond acceptors (Lipinski definition) is 3. The van der Waals surface area contributed by atoms with E-state index in [1.54, 1.807) is 4.68 Å². The van der Waals surface area contributed by atoms with Crippen molar-refractivity contribution in [1.29, 1.82) is 0 Å². The van der Waals surface area contributed by atoms with Gasteiger partial charge in [-0.2, -0.15) is 5.10 Å². The fourth-order valence-electron chi connectivity index (χ4n) is 4.05. The van der Waals surface area contributed by atoms with E-state index in [-0.39, 0.29) is 17.4 Å². The van der Waals surface area contributed by atoms with E-state index >= 15 is 0 Å². The van der Waals surface area contributed by atoms with E-state index in [1.165, 1.54) is 4.90 Å². The van der Waals surface area contributed by atoms with E-state index in [9.17, 15) is 18.4 Å². The third-order valence-electron chi connectivity index (χ3n) is 5.71. The third-order valence-corrected chi connectivity index (χ3v) is 5.71. The van der Waals surface area contributed by atoms with E-state index < -0.39 is 17.5 Å². The van der Waals surface area contributed by atoms with Crippen molar-refractivity contribution in [3.63, 3.8) is 0 Å². The van der Waals surface area contributed by atoms with E-state index in [2.05, 4.69) is 10.4 Å². The molecule has 0 aliphatic carbocycles. The summed E-state index contributed by atoms with van der Waals surface area (Å²) in [7, 11) is 0. The predicted octanol–water partition coefficient (Wildman–Crippen LogP) is 4.26. The van der Waals surface area contributed by atoms with E-state index in [1.807, 2.05) is 44.2 Å². The topological polar surface area (TPSA) is 67.2 Å². The number of piperidine rings is 1. The molecule has 2 aromatic carbocycles. The summed E-state index contributed by atoms with van der Waals surface area (Å²) in [4.78, 5) is 27.0. The smallest absolute Gasteiger partial charge is 0.256 e. The highest BCUT2D eigenvalue weighted by atomic mass is 19.1. The minimum Gasteiger partial charge on any atom is -0.339 e. The molecule has 2 heterocycles. The van der Waals surface area contributed by atoms with Gasteiger partial charge in [0, 0.05) is 30.8 Å². The summed E-state index contributed by atoms with van der Waals surface area (Å²) in [5.74, 6) is -2.49. The maximum atomic E-state index is 14.0. The number of para-hydroxylation sites is 2. The molecule has 4 rings (SSSR count). The molecule has 1 saturated heterocycles. The summed E-state index contributed by atoms with van der Waals surface area (Å²) >= 11 is 0. The van der Waals surface area contributed by atoms with Gasteiger partial charge in [0.2, 0.25) is 5.91 Å². The first-order chi connectivity index (χ1) is 15.3. The molecule has 1 fully saturated rings. The Morgan fingerprint density at radius 3 is 2.41 bits per heavy atom. The first-order valence-electron chi connectivity index (χ1n) is 10.5. The normalized spacial score (nSPS) is 14.4. The Labute approximate surface area is 184 Å². The molecule has 1 aliphatic heterocycles. The largest absolute Gasteiger partial charge is 0.339 e. The monoisotopic (exact) mass is 438 g/mol. The molecule has 1 aliphatic rings. The molecule has 0 saturated carbocycles. The van der Waals surface area contributed by atoms with Gasteiger partial charge in [0.05, 0.1) is 22.6 Å². The van der Waals surface area contributed by atoms with Crippen LogP contribution < -0.4 is 5.32 Å². The number of nitrogens with zero attached hydrogens (tertiary/aromatic N) is 3. The summed E-state index contributed by atoms with van der Waals surface area (Å²) < 4.78 is 28.9. The highest BCUT2D eigenvalue weighted by Crippen LogP contribution is 2.25. The van der Waals surface area contributed by atoms with Gasteiger partial charge >= 0.3 is 0 Å². The van der Waals surface area contributed by atoms with Crippen LogP contribution in [-0.2, 0) is 4.79 Å². The van der Waals surface area contributed by atoms with Crippen molar-refractivity contribution in [3.8, 4) is 5.69 Å². The van der Waals surface area contributed by atoms with E-state index in [4.69, 9.17) is 0 Å². The van der Waals surface area contributed by atoms with Crippen molar-refractivity contribution in [3.05, 3.63) is 77.1 Å². The van der Waals surface area contributed by atoms with Crippen LogP contribution in [0.1, 0.15) is 34.6 Å². The van der Waals surface area contributed by atoms with Crippen LogP contribution in [0, 0.1) is 31.4 Å². The number of carbonyl (C=O) groups excluding carboxylic acids is 2. The number of carbonyl (C=O) groups is 2. The zero-order valence-electron chi connectivity index (χ0n) is 17.9. The van der Waals surface area contributed by atoms with Crippen molar-refractivity contribution in [2.24, 2.45) is 5.92 Å². The van der Waals surface area contributed by atoms with Crippen molar-refractivity contribution < 1.29 is 18.4 Å². The lowest BCUT2D eigenvalue weighted by atomic mass is 9.95. The molecule has 2 amide bonds. The first kappa shape index (κ1) is 21.7. The molecule has 32 heavy (non-hydrogen) atoms. The second kappa shape index (κ2) is 8.90. The molecule has 1 aromatic heterocycles. The number of anilines is 1. The summed E-state index contributed by atoms with van der Waals surface area (Å²) in [6, 6.07) is 12.4. The van der Waals surface area contributed by atoms with Crippen molar-refractivity contribution in [2.75, 3.05) is 18.4 Å². The fourth-order valence-corrected chi connectivity index (χ4v) is 4.05. The lowest BCUT2D eigenvalue weighted by Crippen LogP contribution is -2.41. The Morgan fingerprint density at radius 2 is 1.75 bits per heavy atom. The zero-order chi connectivity index (χ0) is 22.8. The van der Waals surface area contributed by atoms with E-state index in [0.717, 1.165) is 29.2 Å². The van der Waals surface area contributed by atoms with Crippen LogP contribution in [0.5, 0.6) is 0 Å². The third kappa shape index (κ3) is 4.39. The van der Waals surface area contributed by atoms with Gasteiger partial charge in [-0.15, -0.1) is 0 Å². The van der Waals surface area contributed by atoms with Crippen molar-refractivity contribution in [1.82, 2.24) is 14.7 Å². The molecule has 166 valence electrons. The van der Waals surface area contributed by atoms with Gasteiger partial charge in [-0.1, -0.05) is 12.1 Å². The van der Waals surface area contributed by atoms with Gasteiger partial charge in [-0.3, -0.25) is 9.59 Å². The van der Waals surface area contributed by atoms with Crippen molar-refractivity contribution >= 4 is 17.5 Å². The molecule has 1 N–H and O–H groups in total. The summed E-state index contributed by atoms with van der Waals surface area (Å²) in [5, 5.41) is 7.50. The van der Waals surface area contributed by atoms with Gasteiger partial charge < -0.3 is 10.2 Å². The first-order valence-corrected chi connectivity index (χ1v) is 10.5. The Morgan fingerprint density at radius 1 is 1.03 bits per heavy atom. The van der Waals surface area contributed by atoms with Gasteiger partial charge in [0.1, 0.15) is 11.6 Å².